The van der Waals surface area contributed by atoms with E-state index in [1.807, 2.05) is 18.2 Å². The third kappa shape index (κ3) is 8.78. The molecule has 0 heterocycles. The lowest BCUT2D eigenvalue weighted by atomic mass is 9.84. The zero-order valence-corrected chi connectivity index (χ0v) is 20.3. The highest BCUT2D eigenvalue weighted by molar-refractivity contribution is 6.01. The maximum Gasteiger partial charge on any atom is 0.417 e. The third-order valence-electron chi connectivity index (χ3n) is 5.70. The van der Waals surface area contributed by atoms with Crippen LogP contribution in [0.5, 0.6) is 0 Å². The van der Waals surface area contributed by atoms with E-state index >= 15 is 0 Å². The minimum Gasteiger partial charge on any atom is -0.461 e. The van der Waals surface area contributed by atoms with Crippen LogP contribution in [0.4, 0.5) is 4.79 Å². The number of rotatable bonds is 9. The van der Waals surface area contributed by atoms with E-state index in [2.05, 4.69) is 0 Å². The van der Waals surface area contributed by atoms with Gasteiger partial charge in [-0.2, -0.15) is 0 Å². The SMILES string of the molecule is CC(C)(C)OC(=O)N(C(=O)[C@@H](N)CC(=O)OCc1ccccc1)[C@@H](CC1CCCCC1)C(N)=O. The smallest absolute Gasteiger partial charge is 0.417 e. The first kappa shape index (κ1) is 27.3. The van der Waals surface area contributed by atoms with Crippen molar-refractivity contribution in [2.75, 3.05) is 0 Å². The maximum atomic E-state index is 13.3. The average molecular weight is 476 g/mol. The van der Waals surface area contributed by atoms with Gasteiger partial charge in [0.15, 0.2) is 0 Å². The highest BCUT2D eigenvalue weighted by Crippen LogP contribution is 2.29. The molecule has 0 aromatic heterocycles. The second-order valence-corrected chi connectivity index (χ2v) is 9.80. The van der Waals surface area contributed by atoms with Gasteiger partial charge in [0.1, 0.15) is 18.2 Å². The van der Waals surface area contributed by atoms with Crippen molar-refractivity contribution in [3.05, 3.63) is 35.9 Å². The van der Waals surface area contributed by atoms with Crippen LogP contribution in [0.3, 0.4) is 0 Å². The predicted octanol–water partition coefficient (Wildman–Crippen LogP) is 3.04. The van der Waals surface area contributed by atoms with Crippen molar-refractivity contribution in [1.82, 2.24) is 4.90 Å². The first-order valence-corrected chi connectivity index (χ1v) is 11.8. The molecule has 1 aromatic carbocycles. The molecule has 2 atom stereocenters. The minimum absolute atomic E-state index is 0.0297. The highest BCUT2D eigenvalue weighted by Gasteiger charge is 2.40. The summed E-state index contributed by atoms with van der Waals surface area (Å²) in [7, 11) is 0. The van der Waals surface area contributed by atoms with Crippen molar-refractivity contribution in [2.45, 2.75) is 90.0 Å². The Morgan fingerprint density at radius 2 is 1.68 bits per heavy atom. The normalized spacial score (nSPS) is 16.2. The Bertz CT molecular complexity index is 846. The molecule has 9 nitrogen and oxygen atoms in total. The molecule has 1 aliphatic rings. The summed E-state index contributed by atoms with van der Waals surface area (Å²) in [6.07, 6.45) is 3.70. The maximum absolute atomic E-state index is 13.3. The number of nitrogens with two attached hydrogens (primary N) is 2. The van der Waals surface area contributed by atoms with Crippen molar-refractivity contribution in [2.24, 2.45) is 17.4 Å². The van der Waals surface area contributed by atoms with Gasteiger partial charge in [0, 0.05) is 0 Å². The first-order valence-electron chi connectivity index (χ1n) is 11.8. The Labute approximate surface area is 201 Å². The lowest BCUT2D eigenvalue weighted by Gasteiger charge is -2.34. The summed E-state index contributed by atoms with van der Waals surface area (Å²) >= 11 is 0. The molecule has 9 heteroatoms. The fourth-order valence-electron chi connectivity index (χ4n) is 4.01. The lowest BCUT2D eigenvalue weighted by molar-refractivity contribution is -0.149. The molecule has 0 aliphatic heterocycles. The van der Waals surface area contributed by atoms with Crippen LogP contribution in [0.25, 0.3) is 0 Å². The summed E-state index contributed by atoms with van der Waals surface area (Å²) in [5.41, 5.74) is 11.5. The molecule has 34 heavy (non-hydrogen) atoms. The summed E-state index contributed by atoms with van der Waals surface area (Å²) in [6, 6.07) is 6.45. The molecule has 0 radical (unpaired) electrons. The number of carbonyl (C=O) groups excluding carboxylic acids is 4. The van der Waals surface area contributed by atoms with Crippen LogP contribution in [0.15, 0.2) is 30.3 Å². The molecule has 188 valence electrons. The Hall–Kier alpha value is -2.94. The molecule has 0 unspecified atom stereocenters. The van der Waals surface area contributed by atoms with Crippen molar-refractivity contribution < 1.29 is 28.7 Å². The minimum atomic E-state index is -1.40. The monoisotopic (exact) mass is 475 g/mol. The van der Waals surface area contributed by atoms with Crippen molar-refractivity contribution in [3.63, 3.8) is 0 Å². The molecule has 0 spiro atoms. The second kappa shape index (κ2) is 12.5. The Balaban J connectivity index is 2.14. The van der Waals surface area contributed by atoms with E-state index in [0.717, 1.165) is 37.7 Å². The van der Waals surface area contributed by atoms with Gasteiger partial charge in [-0.3, -0.25) is 14.4 Å². The molecule has 4 N–H and O–H groups in total. The molecular formula is C25H37N3O6. The van der Waals surface area contributed by atoms with Crippen molar-refractivity contribution in [3.8, 4) is 0 Å². The zero-order valence-electron chi connectivity index (χ0n) is 20.3. The number of imide groups is 1. The van der Waals surface area contributed by atoms with E-state index < -0.39 is 48.0 Å². The van der Waals surface area contributed by atoms with Gasteiger partial charge < -0.3 is 20.9 Å². The van der Waals surface area contributed by atoms with Gasteiger partial charge in [-0.25, -0.2) is 9.69 Å². The number of carbonyl (C=O) groups is 4. The van der Waals surface area contributed by atoms with Crippen LogP contribution in [-0.4, -0.2) is 46.5 Å². The second-order valence-electron chi connectivity index (χ2n) is 9.80. The van der Waals surface area contributed by atoms with E-state index in [4.69, 9.17) is 20.9 Å². The molecule has 1 aromatic rings. The standard InChI is InChI=1S/C25H37N3O6/c1-25(2,3)34-24(32)28(20(22(27)30)14-17-10-6-4-7-11-17)23(31)19(26)15-21(29)33-16-18-12-8-5-9-13-18/h5,8-9,12-13,17,19-20H,4,6-7,10-11,14-16,26H2,1-3H3,(H2,27,30)/t19-,20-/m0/s1. The first-order chi connectivity index (χ1) is 16.0. The van der Waals surface area contributed by atoms with Crippen LogP contribution < -0.4 is 11.5 Å². The van der Waals surface area contributed by atoms with Gasteiger partial charge in [-0.05, 0) is 38.7 Å². The quantitative estimate of drug-likeness (QED) is 0.523. The Kier molecular flexibility index (Phi) is 10.0. The van der Waals surface area contributed by atoms with E-state index in [1.165, 1.54) is 0 Å². The summed E-state index contributed by atoms with van der Waals surface area (Å²) in [5, 5.41) is 0. The predicted molar refractivity (Wildman–Crippen MR) is 126 cm³/mol. The van der Waals surface area contributed by atoms with E-state index in [0.29, 0.717) is 4.90 Å². The fraction of sp³-hybridized carbons (Fsp3) is 0.600. The number of ether oxygens (including phenoxy) is 2. The molecule has 1 saturated carbocycles. The number of primary amides is 1. The Morgan fingerprint density at radius 3 is 2.24 bits per heavy atom. The van der Waals surface area contributed by atoms with E-state index in [9.17, 15) is 19.2 Å². The van der Waals surface area contributed by atoms with Gasteiger partial charge in [0.25, 0.3) is 0 Å². The van der Waals surface area contributed by atoms with Crippen LogP contribution in [0, 0.1) is 5.92 Å². The van der Waals surface area contributed by atoms with Gasteiger partial charge in [0.05, 0.1) is 12.5 Å². The summed E-state index contributed by atoms with van der Waals surface area (Å²) in [5.74, 6) is -2.26. The van der Waals surface area contributed by atoms with Crippen molar-refractivity contribution >= 4 is 23.9 Å². The topological polar surface area (TPSA) is 142 Å². The van der Waals surface area contributed by atoms with Gasteiger partial charge in [0.2, 0.25) is 11.8 Å². The number of esters is 1. The van der Waals surface area contributed by atoms with Crippen LogP contribution in [-0.2, 0) is 30.5 Å². The number of amides is 3. The van der Waals surface area contributed by atoms with E-state index in [-0.39, 0.29) is 18.9 Å². The summed E-state index contributed by atoms with van der Waals surface area (Å²) < 4.78 is 10.6. The van der Waals surface area contributed by atoms with Crippen molar-refractivity contribution in [1.29, 1.82) is 0 Å². The number of nitrogens with zero attached hydrogens (tertiary/aromatic N) is 1. The Morgan fingerprint density at radius 1 is 1.06 bits per heavy atom. The van der Waals surface area contributed by atoms with Crippen LogP contribution in [0.1, 0.15) is 71.3 Å². The summed E-state index contributed by atoms with van der Waals surface area (Å²) in [4.78, 5) is 51.6. The van der Waals surface area contributed by atoms with E-state index in [1.54, 1.807) is 32.9 Å². The van der Waals surface area contributed by atoms with Crippen LogP contribution >= 0.6 is 0 Å². The molecule has 0 saturated heterocycles. The number of hydrogen-bond donors (Lipinski definition) is 2. The molecule has 3 amide bonds. The van der Waals surface area contributed by atoms with Gasteiger partial charge in [-0.1, -0.05) is 62.4 Å². The molecular weight excluding hydrogens is 438 g/mol. The molecule has 0 bridgehead atoms. The average Bonchev–Trinajstić information content (AvgIpc) is 2.77. The van der Waals surface area contributed by atoms with Gasteiger partial charge in [-0.15, -0.1) is 0 Å². The van der Waals surface area contributed by atoms with Gasteiger partial charge >= 0.3 is 12.1 Å². The van der Waals surface area contributed by atoms with Crippen LogP contribution in [0.2, 0.25) is 0 Å². The fourth-order valence-corrected chi connectivity index (χ4v) is 4.01. The largest absolute Gasteiger partial charge is 0.461 e. The molecule has 1 aliphatic carbocycles. The lowest BCUT2D eigenvalue weighted by Crippen LogP contribution is -2.57. The highest BCUT2D eigenvalue weighted by atomic mass is 16.6. The third-order valence-corrected chi connectivity index (χ3v) is 5.70. The molecule has 2 rings (SSSR count). The number of benzene rings is 1. The molecule has 1 fully saturated rings. The summed E-state index contributed by atoms with van der Waals surface area (Å²) in [6.45, 7) is 4.97. The zero-order chi connectivity index (χ0) is 25.3. The number of hydrogen-bond acceptors (Lipinski definition) is 7.